The normalized spacial score (nSPS) is 13.4. The van der Waals surface area contributed by atoms with Crippen molar-refractivity contribution in [2.75, 3.05) is 11.9 Å². The molecule has 0 aliphatic heterocycles. The SMILES string of the molecule is Cc1ccccc1OCCCC(=O)Nc1nc2c(s1)CCCC2. The first-order valence-electron chi connectivity index (χ1n) is 8.19. The van der Waals surface area contributed by atoms with E-state index in [-0.39, 0.29) is 5.91 Å². The minimum Gasteiger partial charge on any atom is -0.493 e. The Balaban J connectivity index is 1.41. The summed E-state index contributed by atoms with van der Waals surface area (Å²) in [6, 6.07) is 7.92. The largest absolute Gasteiger partial charge is 0.493 e. The molecule has 0 unspecified atom stereocenters. The molecule has 0 spiro atoms. The first-order chi connectivity index (χ1) is 11.2. The highest BCUT2D eigenvalue weighted by molar-refractivity contribution is 7.15. The van der Waals surface area contributed by atoms with Gasteiger partial charge in [0.15, 0.2) is 5.13 Å². The fraction of sp³-hybridized carbons (Fsp3) is 0.444. The summed E-state index contributed by atoms with van der Waals surface area (Å²) in [5.74, 6) is 0.907. The van der Waals surface area contributed by atoms with E-state index in [1.165, 1.54) is 23.4 Å². The minimum atomic E-state index is 0.0180. The molecule has 4 nitrogen and oxygen atoms in total. The summed E-state index contributed by atoms with van der Waals surface area (Å²) in [5.41, 5.74) is 2.30. The van der Waals surface area contributed by atoms with Gasteiger partial charge in [-0.05, 0) is 50.7 Å². The van der Waals surface area contributed by atoms with E-state index in [4.69, 9.17) is 4.74 Å². The Morgan fingerprint density at radius 3 is 2.96 bits per heavy atom. The lowest BCUT2D eigenvalue weighted by Crippen LogP contribution is -2.12. The maximum absolute atomic E-state index is 12.0. The Morgan fingerprint density at radius 1 is 1.30 bits per heavy atom. The van der Waals surface area contributed by atoms with E-state index in [1.807, 2.05) is 31.2 Å². The second-order valence-corrected chi connectivity index (χ2v) is 6.95. The number of amides is 1. The van der Waals surface area contributed by atoms with Crippen molar-refractivity contribution in [3.05, 3.63) is 40.4 Å². The minimum absolute atomic E-state index is 0.0180. The van der Waals surface area contributed by atoms with Gasteiger partial charge in [-0.1, -0.05) is 18.2 Å². The van der Waals surface area contributed by atoms with Gasteiger partial charge in [0.25, 0.3) is 0 Å². The van der Waals surface area contributed by atoms with Crippen LogP contribution >= 0.6 is 11.3 Å². The number of anilines is 1. The van der Waals surface area contributed by atoms with Crippen LogP contribution < -0.4 is 10.1 Å². The third-order valence-electron chi connectivity index (χ3n) is 3.99. The van der Waals surface area contributed by atoms with Crippen molar-refractivity contribution in [3.63, 3.8) is 0 Å². The van der Waals surface area contributed by atoms with Crippen molar-refractivity contribution in [2.24, 2.45) is 0 Å². The van der Waals surface area contributed by atoms with Crippen LogP contribution in [0.3, 0.4) is 0 Å². The molecule has 122 valence electrons. The summed E-state index contributed by atoms with van der Waals surface area (Å²) in [5, 5.41) is 3.67. The molecule has 23 heavy (non-hydrogen) atoms. The molecular formula is C18H22N2O2S. The average Bonchev–Trinajstić information content (AvgIpc) is 2.95. The van der Waals surface area contributed by atoms with Crippen LogP contribution in [-0.4, -0.2) is 17.5 Å². The third-order valence-corrected chi connectivity index (χ3v) is 5.06. The predicted octanol–water partition coefficient (Wildman–Crippen LogP) is 4.13. The lowest BCUT2D eigenvalue weighted by Gasteiger charge is -2.08. The fourth-order valence-electron chi connectivity index (χ4n) is 2.72. The summed E-state index contributed by atoms with van der Waals surface area (Å²) in [4.78, 5) is 17.9. The van der Waals surface area contributed by atoms with Gasteiger partial charge in [0.1, 0.15) is 5.75 Å². The monoisotopic (exact) mass is 330 g/mol. The topological polar surface area (TPSA) is 51.2 Å². The van der Waals surface area contributed by atoms with Crippen LogP contribution in [0.25, 0.3) is 0 Å². The Morgan fingerprint density at radius 2 is 2.13 bits per heavy atom. The molecule has 0 saturated carbocycles. The van der Waals surface area contributed by atoms with Crippen molar-refractivity contribution >= 4 is 22.4 Å². The van der Waals surface area contributed by atoms with E-state index in [0.29, 0.717) is 19.4 Å². The van der Waals surface area contributed by atoms with Crippen LogP contribution in [0.4, 0.5) is 5.13 Å². The van der Waals surface area contributed by atoms with E-state index in [1.54, 1.807) is 11.3 Å². The number of nitrogens with one attached hydrogen (secondary N) is 1. The molecule has 0 saturated heterocycles. The second kappa shape index (κ2) is 7.59. The number of hydrogen-bond acceptors (Lipinski definition) is 4. The maximum Gasteiger partial charge on any atom is 0.226 e. The zero-order chi connectivity index (χ0) is 16.1. The van der Waals surface area contributed by atoms with Crippen LogP contribution in [0.1, 0.15) is 41.8 Å². The van der Waals surface area contributed by atoms with E-state index in [9.17, 15) is 4.79 Å². The van der Waals surface area contributed by atoms with Crippen LogP contribution in [0.5, 0.6) is 5.75 Å². The lowest BCUT2D eigenvalue weighted by molar-refractivity contribution is -0.116. The smallest absolute Gasteiger partial charge is 0.226 e. The highest BCUT2D eigenvalue weighted by Gasteiger charge is 2.16. The summed E-state index contributed by atoms with van der Waals surface area (Å²) in [7, 11) is 0. The average molecular weight is 330 g/mol. The van der Waals surface area contributed by atoms with Crippen molar-refractivity contribution in [1.82, 2.24) is 4.98 Å². The standard InChI is InChI=1S/C18H22N2O2S/c1-13-7-2-4-9-15(13)22-12-6-11-17(21)20-18-19-14-8-3-5-10-16(14)23-18/h2,4,7,9H,3,5-6,8,10-12H2,1H3,(H,19,20,21). The number of aryl methyl sites for hydroxylation is 3. The van der Waals surface area contributed by atoms with E-state index >= 15 is 0 Å². The summed E-state index contributed by atoms with van der Waals surface area (Å²) in [6.07, 6.45) is 5.75. The second-order valence-electron chi connectivity index (χ2n) is 5.86. The van der Waals surface area contributed by atoms with Crippen molar-refractivity contribution in [1.29, 1.82) is 0 Å². The van der Waals surface area contributed by atoms with E-state index in [2.05, 4.69) is 10.3 Å². The molecular weight excluding hydrogens is 308 g/mol. The molecule has 1 aliphatic rings. The maximum atomic E-state index is 12.0. The summed E-state index contributed by atoms with van der Waals surface area (Å²) in [6.45, 7) is 2.57. The van der Waals surface area contributed by atoms with E-state index in [0.717, 1.165) is 29.3 Å². The molecule has 5 heteroatoms. The molecule has 1 aromatic heterocycles. The van der Waals surface area contributed by atoms with Gasteiger partial charge < -0.3 is 10.1 Å². The van der Waals surface area contributed by atoms with Crippen LogP contribution in [-0.2, 0) is 17.6 Å². The highest BCUT2D eigenvalue weighted by atomic mass is 32.1. The number of para-hydroxylation sites is 1. The Hall–Kier alpha value is -1.88. The number of fused-ring (bicyclic) bond motifs is 1. The summed E-state index contributed by atoms with van der Waals surface area (Å²) < 4.78 is 5.71. The number of benzene rings is 1. The van der Waals surface area contributed by atoms with Crippen LogP contribution in [0.2, 0.25) is 0 Å². The number of rotatable bonds is 6. The van der Waals surface area contributed by atoms with Crippen LogP contribution in [0.15, 0.2) is 24.3 Å². The highest BCUT2D eigenvalue weighted by Crippen LogP contribution is 2.29. The fourth-order valence-corrected chi connectivity index (χ4v) is 3.79. The van der Waals surface area contributed by atoms with Crippen molar-refractivity contribution < 1.29 is 9.53 Å². The molecule has 1 aliphatic carbocycles. The molecule has 0 bridgehead atoms. The molecule has 1 N–H and O–H groups in total. The molecule has 1 amide bonds. The van der Waals surface area contributed by atoms with Gasteiger partial charge in [0, 0.05) is 11.3 Å². The van der Waals surface area contributed by atoms with Gasteiger partial charge in [0.2, 0.25) is 5.91 Å². The first-order valence-corrected chi connectivity index (χ1v) is 9.01. The van der Waals surface area contributed by atoms with Crippen molar-refractivity contribution in [3.8, 4) is 5.75 Å². The van der Waals surface area contributed by atoms with Gasteiger partial charge in [-0.15, -0.1) is 11.3 Å². The van der Waals surface area contributed by atoms with Gasteiger partial charge in [-0.3, -0.25) is 4.79 Å². The van der Waals surface area contributed by atoms with Gasteiger partial charge in [-0.2, -0.15) is 0 Å². The number of ether oxygens (including phenoxy) is 1. The number of aromatic nitrogens is 1. The Labute approximate surface area is 140 Å². The molecule has 0 fully saturated rings. The van der Waals surface area contributed by atoms with Gasteiger partial charge >= 0.3 is 0 Å². The molecule has 1 heterocycles. The summed E-state index contributed by atoms with van der Waals surface area (Å²) >= 11 is 1.63. The van der Waals surface area contributed by atoms with E-state index < -0.39 is 0 Å². The number of nitrogens with zero attached hydrogens (tertiary/aromatic N) is 1. The zero-order valence-electron chi connectivity index (χ0n) is 13.4. The van der Waals surface area contributed by atoms with Crippen LogP contribution in [0, 0.1) is 6.92 Å². The molecule has 1 aromatic carbocycles. The number of carbonyl (C=O) groups is 1. The van der Waals surface area contributed by atoms with Gasteiger partial charge in [-0.25, -0.2) is 4.98 Å². The predicted molar refractivity (Wildman–Crippen MR) is 93.3 cm³/mol. The van der Waals surface area contributed by atoms with Crippen molar-refractivity contribution in [2.45, 2.75) is 45.4 Å². The Kier molecular flexibility index (Phi) is 5.28. The zero-order valence-corrected chi connectivity index (χ0v) is 14.2. The number of thiazole rings is 1. The number of hydrogen-bond donors (Lipinski definition) is 1. The first kappa shape index (κ1) is 16.0. The molecule has 2 aromatic rings. The lowest BCUT2D eigenvalue weighted by atomic mass is 10.0. The third kappa shape index (κ3) is 4.32. The molecule has 0 radical (unpaired) electrons. The quantitative estimate of drug-likeness (QED) is 0.810. The number of carbonyl (C=O) groups excluding carboxylic acids is 1. The molecule has 3 rings (SSSR count). The van der Waals surface area contributed by atoms with Gasteiger partial charge in [0.05, 0.1) is 12.3 Å². The Bertz CT molecular complexity index is 658. The molecule has 0 atom stereocenters.